The van der Waals surface area contributed by atoms with Crippen molar-refractivity contribution in [2.45, 2.75) is 44.2 Å². The first-order valence-electron chi connectivity index (χ1n) is 6.14. The summed E-state index contributed by atoms with van der Waals surface area (Å²) in [6, 6.07) is -0.749. The highest BCUT2D eigenvalue weighted by atomic mass is 16.5. The summed E-state index contributed by atoms with van der Waals surface area (Å²) < 4.78 is 4.83. The minimum Gasteiger partial charge on any atom is -0.480 e. The van der Waals surface area contributed by atoms with E-state index in [-0.39, 0.29) is 6.61 Å². The maximum Gasteiger partial charge on any atom is 0.323 e. The van der Waals surface area contributed by atoms with Crippen LogP contribution in [0.5, 0.6) is 0 Å². The third kappa shape index (κ3) is 4.61. The summed E-state index contributed by atoms with van der Waals surface area (Å²) in [5.41, 5.74) is -0.765. The van der Waals surface area contributed by atoms with Crippen molar-refractivity contribution < 1.29 is 19.7 Å². The molecule has 3 unspecified atom stereocenters. The molecule has 0 radical (unpaired) electrons. The molecular weight excluding hydrogens is 222 g/mol. The zero-order valence-electron chi connectivity index (χ0n) is 10.6. The second-order valence-corrected chi connectivity index (χ2v) is 5.15. The summed E-state index contributed by atoms with van der Waals surface area (Å²) >= 11 is 0. The van der Waals surface area contributed by atoms with Gasteiger partial charge in [-0.2, -0.15) is 0 Å². The summed E-state index contributed by atoms with van der Waals surface area (Å²) in [6.07, 6.45) is 3.62. The molecule has 3 N–H and O–H groups in total. The molecule has 0 amide bonds. The van der Waals surface area contributed by atoms with Gasteiger partial charge in [-0.25, -0.2) is 0 Å². The summed E-state index contributed by atoms with van der Waals surface area (Å²) in [6.45, 7) is 2.55. The Bertz CT molecular complexity index is 259. The van der Waals surface area contributed by atoms with Crippen LogP contribution < -0.4 is 5.32 Å². The van der Waals surface area contributed by atoms with Crippen LogP contribution in [0.4, 0.5) is 0 Å². The van der Waals surface area contributed by atoms with Gasteiger partial charge in [0.1, 0.15) is 6.04 Å². The quantitative estimate of drug-likeness (QED) is 0.639. The molecule has 0 spiro atoms. The molecule has 0 aromatic rings. The second kappa shape index (κ2) is 6.33. The molecule has 0 heterocycles. The Morgan fingerprint density at radius 1 is 1.65 bits per heavy atom. The maximum absolute atomic E-state index is 10.9. The van der Waals surface area contributed by atoms with E-state index in [9.17, 15) is 9.90 Å². The predicted molar refractivity (Wildman–Crippen MR) is 63.9 cm³/mol. The van der Waals surface area contributed by atoms with Crippen LogP contribution in [0.3, 0.4) is 0 Å². The van der Waals surface area contributed by atoms with E-state index in [0.29, 0.717) is 12.5 Å². The summed E-state index contributed by atoms with van der Waals surface area (Å²) in [5, 5.41) is 22.2. The molecule has 5 nitrogen and oxygen atoms in total. The number of carbonyl (C=O) groups is 1. The van der Waals surface area contributed by atoms with Crippen LogP contribution >= 0.6 is 0 Å². The first-order chi connectivity index (χ1) is 7.97. The fourth-order valence-corrected chi connectivity index (χ4v) is 2.49. The van der Waals surface area contributed by atoms with Gasteiger partial charge in [0.25, 0.3) is 0 Å². The van der Waals surface area contributed by atoms with Crippen LogP contribution in [-0.4, -0.2) is 48.1 Å². The van der Waals surface area contributed by atoms with E-state index < -0.39 is 17.6 Å². The monoisotopic (exact) mass is 245 g/mol. The molecule has 5 heteroatoms. The topological polar surface area (TPSA) is 78.8 Å². The van der Waals surface area contributed by atoms with Crippen LogP contribution in [0, 0.1) is 5.92 Å². The predicted octanol–water partition coefficient (Wildman–Crippen LogP) is 0.617. The van der Waals surface area contributed by atoms with Gasteiger partial charge in [0.15, 0.2) is 0 Å². The van der Waals surface area contributed by atoms with Crippen LogP contribution in [0.25, 0.3) is 0 Å². The Morgan fingerprint density at radius 3 is 2.88 bits per heavy atom. The normalized spacial score (nSPS) is 31.1. The summed E-state index contributed by atoms with van der Waals surface area (Å²) in [5.74, 6) is -0.444. The van der Waals surface area contributed by atoms with Crippen molar-refractivity contribution in [3.05, 3.63) is 0 Å². The van der Waals surface area contributed by atoms with Gasteiger partial charge in [0.2, 0.25) is 0 Å². The minimum atomic E-state index is -0.945. The van der Waals surface area contributed by atoms with Crippen LogP contribution in [0.2, 0.25) is 0 Å². The number of carboxylic acids is 1. The van der Waals surface area contributed by atoms with E-state index in [0.717, 1.165) is 25.7 Å². The summed E-state index contributed by atoms with van der Waals surface area (Å²) in [4.78, 5) is 10.9. The van der Waals surface area contributed by atoms with E-state index in [4.69, 9.17) is 9.84 Å². The number of methoxy groups -OCH3 is 1. The van der Waals surface area contributed by atoms with Crippen LogP contribution in [0.15, 0.2) is 0 Å². The molecule has 1 fully saturated rings. The zero-order valence-corrected chi connectivity index (χ0v) is 10.6. The summed E-state index contributed by atoms with van der Waals surface area (Å²) in [7, 11) is 1.47. The lowest BCUT2D eigenvalue weighted by atomic mass is 9.79. The number of ether oxygens (including phenoxy) is 1. The molecule has 0 saturated heterocycles. The van der Waals surface area contributed by atoms with Crippen molar-refractivity contribution in [3.8, 4) is 0 Å². The molecule has 0 aromatic carbocycles. The van der Waals surface area contributed by atoms with Crippen molar-refractivity contribution in [2.75, 3.05) is 20.3 Å². The van der Waals surface area contributed by atoms with Gasteiger partial charge < -0.3 is 14.9 Å². The van der Waals surface area contributed by atoms with Gasteiger partial charge in [-0.15, -0.1) is 0 Å². The Balaban J connectivity index is 2.44. The molecule has 1 rings (SSSR count). The molecule has 100 valence electrons. The molecule has 0 bridgehead atoms. The first kappa shape index (κ1) is 14.4. The van der Waals surface area contributed by atoms with Gasteiger partial charge >= 0.3 is 5.97 Å². The third-order valence-electron chi connectivity index (χ3n) is 3.38. The van der Waals surface area contributed by atoms with Crippen molar-refractivity contribution in [1.29, 1.82) is 0 Å². The van der Waals surface area contributed by atoms with Crippen molar-refractivity contribution in [2.24, 2.45) is 5.92 Å². The molecule has 1 aliphatic rings. The van der Waals surface area contributed by atoms with E-state index in [1.54, 1.807) is 0 Å². The van der Waals surface area contributed by atoms with E-state index >= 15 is 0 Å². The second-order valence-electron chi connectivity index (χ2n) is 5.15. The van der Waals surface area contributed by atoms with Crippen molar-refractivity contribution in [1.82, 2.24) is 5.32 Å². The van der Waals surface area contributed by atoms with Gasteiger partial charge in [-0.05, 0) is 18.8 Å². The number of hydrogen-bond acceptors (Lipinski definition) is 4. The number of nitrogens with one attached hydrogen (secondary N) is 1. The fourth-order valence-electron chi connectivity index (χ4n) is 2.49. The Hall–Kier alpha value is -0.650. The molecule has 3 atom stereocenters. The van der Waals surface area contributed by atoms with Gasteiger partial charge in [-0.1, -0.05) is 19.8 Å². The van der Waals surface area contributed by atoms with E-state index in [2.05, 4.69) is 12.2 Å². The van der Waals surface area contributed by atoms with Gasteiger partial charge in [0.05, 0.1) is 12.2 Å². The highest BCUT2D eigenvalue weighted by Gasteiger charge is 2.33. The Labute approximate surface area is 102 Å². The number of aliphatic hydroxyl groups is 1. The standard InChI is InChI=1S/C12H23NO4/c1-9-4-3-5-12(16,6-9)8-13-10(7-17-2)11(14)15/h9-10,13,16H,3-8H2,1-2H3,(H,14,15). The molecule has 1 saturated carbocycles. The first-order valence-corrected chi connectivity index (χ1v) is 6.14. The molecule has 0 aliphatic heterocycles. The molecule has 17 heavy (non-hydrogen) atoms. The zero-order chi connectivity index (χ0) is 12.9. The minimum absolute atomic E-state index is 0.112. The molecule has 1 aliphatic carbocycles. The average Bonchev–Trinajstić information content (AvgIpc) is 2.23. The van der Waals surface area contributed by atoms with Crippen LogP contribution in [0.1, 0.15) is 32.6 Å². The lowest BCUT2D eigenvalue weighted by molar-refractivity contribution is -0.141. The van der Waals surface area contributed by atoms with E-state index in [1.165, 1.54) is 7.11 Å². The van der Waals surface area contributed by atoms with Crippen molar-refractivity contribution >= 4 is 5.97 Å². The van der Waals surface area contributed by atoms with Crippen molar-refractivity contribution in [3.63, 3.8) is 0 Å². The van der Waals surface area contributed by atoms with Crippen LogP contribution in [-0.2, 0) is 9.53 Å². The SMILES string of the molecule is COCC(NCC1(O)CCCC(C)C1)C(=O)O. The Morgan fingerprint density at radius 2 is 2.35 bits per heavy atom. The average molecular weight is 245 g/mol. The fraction of sp³-hybridized carbons (Fsp3) is 0.917. The molecular formula is C12H23NO4. The smallest absolute Gasteiger partial charge is 0.323 e. The van der Waals surface area contributed by atoms with Gasteiger partial charge in [-0.3, -0.25) is 10.1 Å². The Kier molecular flexibility index (Phi) is 5.36. The number of rotatable bonds is 6. The highest BCUT2D eigenvalue weighted by molar-refractivity contribution is 5.73. The maximum atomic E-state index is 10.9. The lowest BCUT2D eigenvalue weighted by Gasteiger charge is -2.36. The number of aliphatic carboxylic acids is 1. The largest absolute Gasteiger partial charge is 0.480 e. The molecule has 0 aromatic heterocycles. The number of carboxylic acid groups (broad SMARTS) is 1. The lowest BCUT2D eigenvalue weighted by Crippen LogP contribution is -2.50. The highest BCUT2D eigenvalue weighted by Crippen LogP contribution is 2.31. The third-order valence-corrected chi connectivity index (χ3v) is 3.38. The van der Waals surface area contributed by atoms with Gasteiger partial charge in [0, 0.05) is 13.7 Å². The van der Waals surface area contributed by atoms with E-state index in [1.807, 2.05) is 0 Å². The number of hydrogen-bond donors (Lipinski definition) is 3.